The first kappa shape index (κ1) is 13.9. The Bertz CT molecular complexity index is 216. The minimum atomic E-state index is -0.679. The Kier molecular flexibility index (Phi) is 4.73. The predicted molar refractivity (Wildman–Crippen MR) is 65.6 cm³/mol. The maximum Gasteiger partial charge on any atom is 0.105 e. The molecule has 0 aromatic rings. The molecule has 0 aromatic carbocycles. The van der Waals surface area contributed by atoms with Gasteiger partial charge in [0, 0.05) is 38.2 Å². The second-order valence-corrected chi connectivity index (χ2v) is 5.72. The third-order valence-electron chi connectivity index (χ3n) is 3.05. The van der Waals surface area contributed by atoms with Gasteiger partial charge in [0.05, 0.1) is 6.10 Å². The molecular formula is C12H26N2O2. The molecule has 96 valence electrons. The maximum absolute atomic E-state index is 10.2. The summed E-state index contributed by atoms with van der Waals surface area (Å²) in [7, 11) is 0. The largest absolute Gasteiger partial charge is 0.386 e. The zero-order chi connectivity index (χ0) is 12.2. The molecule has 1 heterocycles. The van der Waals surface area contributed by atoms with E-state index in [2.05, 4.69) is 31.4 Å². The van der Waals surface area contributed by atoms with E-state index in [0.717, 1.165) is 19.5 Å². The predicted octanol–water partition coefficient (Wildman–Crippen LogP) is 0.504. The third kappa shape index (κ3) is 4.37. The number of hydrogen-bond acceptors (Lipinski definition) is 4. The highest BCUT2D eigenvalue weighted by Crippen LogP contribution is 2.24. The maximum atomic E-state index is 10.2. The molecular weight excluding hydrogens is 204 g/mol. The molecule has 0 saturated carbocycles. The third-order valence-corrected chi connectivity index (χ3v) is 3.05. The van der Waals surface area contributed by atoms with Gasteiger partial charge in [0.2, 0.25) is 0 Å². The summed E-state index contributed by atoms with van der Waals surface area (Å²) in [6.07, 6.45) is 0.670. The first-order valence-corrected chi connectivity index (χ1v) is 6.13. The van der Waals surface area contributed by atoms with Gasteiger partial charge in [0.15, 0.2) is 0 Å². The highest BCUT2D eigenvalue weighted by Gasteiger charge is 2.38. The molecule has 4 heteroatoms. The summed E-state index contributed by atoms with van der Waals surface area (Å²) in [6, 6.07) is 0. The number of hydrogen-bond donors (Lipinski definition) is 3. The Hall–Kier alpha value is -0.160. The van der Waals surface area contributed by atoms with E-state index in [4.69, 9.17) is 4.74 Å². The number of nitrogens with one attached hydrogen (secondary N) is 2. The second kappa shape index (κ2) is 5.45. The van der Waals surface area contributed by atoms with Crippen LogP contribution < -0.4 is 10.6 Å². The smallest absolute Gasteiger partial charge is 0.105 e. The van der Waals surface area contributed by atoms with Crippen LogP contribution in [0.3, 0.4) is 0 Å². The Morgan fingerprint density at radius 1 is 1.38 bits per heavy atom. The zero-order valence-corrected chi connectivity index (χ0v) is 11.0. The fourth-order valence-corrected chi connectivity index (χ4v) is 1.83. The van der Waals surface area contributed by atoms with Crippen LogP contribution in [-0.4, -0.2) is 48.6 Å². The summed E-state index contributed by atoms with van der Waals surface area (Å²) in [5, 5.41) is 16.9. The molecule has 1 aliphatic rings. The van der Waals surface area contributed by atoms with Gasteiger partial charge in [0.25, 0.3) is 0 Å². The van der Waals surface area contributed by atoms with Gasteiger partial charge in [-0.1, -0.05) is 0 Å². The lowest BCUT2D eigenvalue weighted by Crippen LogP contribution is -2.48. The molecule has 0 radical (unpaired) electrons. The van der Waals surface area contributed by atoms with E-state index in [-0.39, 0.29) is 11.6 Å². The van der Waals surface area contributed by atoms with E-state index in [9.17, 15) is 5.11 Å². The van der Waals surface area contributed by atoms with Crippen molar-refractivity contribution >= 4 is 0 Å². The Balaban J connectivity index is 2.11. The second-order valence-electron chi connectivity index (χ2n) is 5.72. The molecule has 0 aliphatic carbocycles. The minimum Gasteiger partial charge on any atom is -0.386 e. The van der Waals surface area contributed by atoms with Gasteiger partial charge in [0.1, 0.15) is 5.60 Å². The normalized spacial score (nSPS) is 30.9. The van der Waals surface area contributed by atoms with Crippen LogP contribution in [0.4, 0.5) is 0 Å². The molecule has 0 spiro atoms. The lowest BCUT2D eigenvalue weighted by atomic mass is 9.97. The Morgan fingerprint density at radius 3 is 2.56 bits per heavy atom. The zero-order valence-electron chi connectivity index (χ0n) is 11.0. The van der Waals surface area contributed by atoms with Crippen molar-refractivity contribution in [3.05, 3.63) is 0 Å². The summed E-state index contributed by atoms with van der Waals surface area (Å²) in [5.41, 5.74) is -0.524. The first-order valence-electron chi connectivity index (χ1n) is 6.13. The van der Waals surface area contributed by atoms with E-state index >= 15 is 0 Å². The first-order chi connectivity index (χ1) is 7.33. The van der Waals surface area contributed by atoms with Crippen LogP contribution in [0, 0.1) is 0 Å². The van der Waals surface area contributed by atoms with Crippen LogP contribution in [0.15, 0.2) is 0 Å². The molecule has 2 atom stereocenters. The van der Waals surface area contributed by atoms with Gasteiger partial charge in [-0.15, -0.1) is 0 Å². The SMILES string of the molecule is CC1OCCC1(O)CNCCNC(C)(C)C. The average molecular weight is 230 g/mol. The fourth-order valence-electron chi connectivity index (χ4n) is 1.83. The molecule has 16 heavy (non-hydrogen) atoms. The molecule has 0 aromatic heterocycles. The number of aliphatic hydroxyl groups is 1. The molecule has 1 aliphatic heterocycles. The van der Waals surface area contributed by atoms with Gasteiger partial charge < -0.3 is 20.5 Å². The summed E-state index contributed by atoms with van der Waals surface area (Å²) >= 11 is 0. The molecule has 3 N–H and O–H groups in total. The number of rotatable bonds is 5. The van der Waals surface area contributed by atoms with E-state index in [0.29, 0.717) is 13.2 Å². The van der Waals surface area contributed by atoms with Crippen LogP contribution >= 0.6 is 0 Å². The van der Waals surface area contributed by atoms with Gasteiger partial charge in [-0.25, -0.2) is 0 Å². The van der Waals surface area contributed by atoms with E-state index < -0.39 is 5.60 Å². The van der Waals surface area contributed by atoms with Gasteiger partial charge in [-0.05, 0) is 27.7 Å². The van der Waals surface area contributed by atoms with Crippen molar-refractivity contribution in [2.45, 2.75) is 51.4 Å². The molecule has 0 bridgehead atoms. The van der Waals surface area contributed by atoms with Crippen molar-refractivity contribution in [3.63, 3.8) is 0 Å². The van der Waals surface area contributed by atoms with Crippen molar-refractivity contribution in [3.8, 4) is 0 Å². The molecule has 2 unspecified atom stereocenters. The Morgan fingerprint density at radius 2 is 2.06 bits per heavy atom. The summed E-state index contributed by atoms with van der Waals surface area (Å²) in [4.78, 5) is 0. The van der Waals surface area contributed by atoms with Crippen molar-refractivity contribution in [2.24, 2.45) is 0 Å². The monoisotopic (exact) mass is 230 g/mol. The highest BCUT2D eigenvalue weighted by molar-refractivity contribution is 4.91. The van der Waals surface area contributed by atoms with Crippen LogP contribution in [0.25, 0.3) is 0 Å². The van der Waals surface area contributed by atoms with Crippen LogP contribution in [0.1, 0.15) is 34.1 Å². The van der Waals surface area contributed by atoms with Crippen LogP contribution in [0.2, 0.25) is 0 Å². The van der Waals surface area contributed by atoms with Gasteiger partial charge in [-0.2, -0.15) is 0 Å². The summed E-state index contributed by atoms with van der Waals surface area (Å²) < 4.78 is 5.37. The molecule has 1 rings (SSSR count). The lowest BCUT2D eigenvalue weighted by Gasteiger charge is -2.27. The van der Waals surface area contributed by atoms with Crippen molar-refractivity contribution < 1.29 is 9.84 Å². The molecule has 1 saturated heterocycles. The topological polar surface area (TPSA) is 53.5 Å². The van der Waals surface area contributed by atoms with E-state index in [1.807, 2.05) is 6.92 Å². The standard InChI is InChI=1S/C12H26N2O2/c1-10-12(15,5-8-16-10)9-13-6-7-14-11(2,3)4/h10,13-15H,5-9H2,1-4H3. The van der Waals surface area contributed by atoms with E-state index in [1.54, 1.807) is 0 Å². The van der Waals surface area contributed by atoms with Gasteiger partial charge >= 0.3 is 0 Å². The van der Waals surface area contributed by atoms with E-state index in [1.165, 1.54) is 0 Å². The average Bonchev–Trinajstić information content (AvgIpc) is 2.45. The highest BCUT2D eigenvalue weighted by atomic mass is 16.5. The van der Waals surface area contributed by atoms with Crippen LogP contribution in [0.5, 0.6) is 0 Å². The lowest BCUT2D eigenvalue weighted by molar-refractivity contribution is -0.0259. The van der Waals surface area contributed by atoms with Crippen LogP contribution in [-0.2, 0) is 4.74 Å². The quantitative estimate of drug-likeness (QED) is 0.602. The number of ether oxygens (including phenoxy) is 1. The fraction of sp³-hybridized carbons (Fsp3) is 1.00. The summed E-state index contributed by atoms with van der Waals surface area (Å²) in [5.74, 6) is 0. The van der Waals surface area contributed by atoms with Crippen molar-refractivity contribution in [1.82, 2.24) is 10.6 Å². The molecule has 4 nitrogen and oxygen atoms in total. The summed E-state index contributed by atoms with van der Waals surface area (Å²) in [6.45, 7) is 11.4. The van der Waals surface area contributed by atoms with Gasteiger partial charge in [-0.3, -0.25) is 0 Å². The Labute approximate surface area is 98.8 Å². The molecule has 1 fully saturated rings. The molecule has 0 amide bonds. The minimum absolute atomic E-state index is 0.0597. The van der Waals surface area contributed by atoms with Crippen molar-refractivity contribution in [1.29, 1.82) is 0 Å². The van der Waals surface area contributed by atoms with Crippen molar-refractivity contribution in [2.75, 3.05) is 26.2 Å².